The molecule has 0 saturated heterocycles. The monoisotopic (exact) mass is 250 g/mol. The highest BCUT2D eigenvalue weighted by molar-refractivity contribution is 6.41. The van der Waals surface area contributed by atoms with Crippen molar-refractivity contribution in [2.24, 2.45) is 0 Å². The zero-order valence-electron chi connectivity index (χ0n) is 10.3. The lowest BCUT2D eigenvalue weighted by Crippen LogP contribution is -2.20. The van der Waals surface area contributed by atoms with Gasteiger partial charge in [-0.2, -0.15) is 0 Å². The van der Waals surface area contributed by atoms with E-state index in [-0.39, 0.29) is 12.2 Å². The highest BCUT2D eigenvalue weighted by Crippen LogP contribution is 2.33. The van der Waals surface area contributed by atoms with Crippen molar-refractivity contribution in [2.75, 3.05) is 19.8 Å². The summed E-state index contributed by atoms with van der Waals surface area (Å²) in [7, 11) is 0. The van der Waals surface area contributed by atoms with Crippen LogP contribution in [0.3, 0.4) is 0 Å². The Bertz CT molecular complexity index is 492. The van der Waals surface area contributed by atoms with Gasteiger partial charge in [0.1, 0.15) is 13.2 Å². The van der Waals surface area contributed by atoms with Crippen LogP contribution in [0, 0.1) is 6.92 Å². The maximum atomic E-state index is 11.9. The number of carbonyl (C=O) groups is 2. The van der Waals surface area contributed by atoms with Gasteiger partial charge in [-0.25, -0.2) is 4.79 Å². The third-order valence-electron chi connectivity index (χ3n) is 2.59. The van der Waals surface area contributed by atoms with Gasteiger partial charge in [0.25, 0.3) is 5.78 Å². The number of carbonyl (C=O) groups excluding carboxylic acids is 2. The predicted molar refractivity (Wildman–Crippen MR) is 63.1 cm³/mol. The summed E-state index contributed by atoms with van der Waals surface area (Å²) in [6, 6.07) is 3.23. The van der Waals surface area contributed by atoms with Crippen molar-refractivity contribution in [2.45, 2.75) is 13.8 Å². The average Bonchev–Trinajstić information content (AvgIpc) is 2.37. The van der Waals surface area contributed by atoms with E-state index in [0.717, 1.165) is 0 Å². The van der Waals surface area contributed by atoms with Crippen molar-refractivity contribution in [1.82, 2.24) is 0 Å². The Morgan fingerprint density at radius 1 is 1.22 bits per heavy atom. The van der Waals surface area contributed by atoms with E-state index in [4.69, 9.17) is 14.2 Å². The van der Waals surface area contributed by atoms with Gasteiger partial charge in [-0.3, -0.25) is 4.79 Å². The summed E-state index contributed by atoms with van der Waals surface area (Å²) in [5.74, 6) is -0.428. The molecule has 5 heteroatoms. The summed E-state index contributed by atoms with van der Waals surface area (Å²) in [6.45, 7) is 4.49. The highest BCUT2D eigenvalue weighted by Gasteiger charge is 2.23. The van der Waals surface area contributed by atoms with Crippen molar-refractivity contribution in [1.29, 1.82) is 0 Å². The first-order valence-electron chi connectivity index (χ1n) is 5.75. The molecule has 1 aromatic carbocycles. The largest absolute Gasteiger partial charge is 0.486 e. The minimum absolute atomic E-state index is 0.175. The van der Waals surface area contributed by atoms with Gasteiger partial charge >= 0.3 is 5.97 Å². The quantitative estimate of drug-likeness (QED) is 0.462. The lowest BCUT2D eigenvalue weighted by Gasteiger charge is -2.19. The summed E-state index contributed by atoms with van der Waals surface area (Å²) in [5.41, 5.74) is 0.954. The second-order valence-corrected chi connectivity index (χ2v) is 3.86. The van der Waals surface area contributed by atoms with Crippen LogP contribution < -0.4 is 9.47 Å². The number of ether oxygens (including phenoxy) is 3. The topological polar surface area (TPSA) is 61.8 Å². The molecule has 18 heavy (non-hydrogen) atoms. The van der Waals surface area contributed by atoms with Crippen LogP contribution in [0.15, 0.2) is 12.1 Å². The SMILES string of the molecule is CCOC(=O)C(=O)c1cc2c(cc1C)OCCO2. The molecule has 0 radical (unpaired) electrons. The molecular formula is C13H14O5. The average molecular weight is 250 g/mol. The van der Waals surface area contributed by atoms with E-state index < -0.39 is 11.8 Å². The fourth-order valence-electron chi connectivity index (χ4n) is 1.74. The first kappa shape index (κ1) is 12.4. The van der Waals surface area contributed by atoms with Gasteiger partial charge in [0.15, 0.2) is 11.5 Å². The molecule has 0 fully saturated rings. The molecule has 0 aromatic heterocycles. The van der Waals surface area contributed by atoms with Crippen LogP contribution in [-0.4, -0.2) is 31.6 Å². The van der Waals surface area contributed by atoms with Gasteiger partial charge in [-0.05, 0) is 31.5 Å². The Morgan fingerprint density at radius 3 is 2.44 bits per heavy atom. The number of hydrogen-bond acceptors (Lipinski definition) is 5. The molecule has 0 atom stereocenters. The van der Waals surface area contributed by atoms with E-state index >= 15 is 0 Å². The van der Waals surface area contributed by atoms with Gasteiger partial charge in [0, 0.05) is 5.56 Å². The molecule has 1 heterocycles. The number of Topliss-reactive ketones (excluding diaryl/α,β-unsaturated/α-hetero) is 1. The van der Waals surface area contributed by atoms with E-state index in [1.807, 2.05) is 0 Å². The molecule has 1 aliphatic rings. The second-order valence-electron chi connectivity index (χ2n) is 3.86. The van der Waals surface area contributed by atoms with Gasteiger partial charge in [-0.1, -0.05) is 0 Å². The van der Waals surface area contributed by atoms with E-state index in [1.165, 1.54) is 6.07 Å². The molecule has 1 aliphatic heterocycles. The third-order valence-corrected chi connectivity index (χ3v) is 2.59. The number of esters is 1. The van der Waals surface area contributed by atoms with Crippen LogP contribution in [0.4, 0.5) is 0 Å². The second kappa shape index (κ2) is 5.08. The van der Waals surface area contributed by atoms with Crippen molar-refractivity contribution >= 4 is 11.8 Å². The van der Waals surface area contributed by atoms with Crippen LogP contribution in [-0.2, 0) is 9.53 Å². The van der Waals surface area contributed by atoms with Crippen LogP contribution in [0.1, 0.15) is 22.8 Å². The number of benzene rings is 1. The Morgan fingerprint density at radius 2 is 1.83 bits per heavy atom. The number of ketones is 1. The number of fused-ring (bicyclic) bond motifs is 1. The number of hydrogen-bond donors (Lipinski definition) is 0. The van der Waals surface area contributed by atoms with Crippen molar-refractivity contribution < 1.29 is 23.8 Å². The van der Waals surface area contributed by atoms with E-state index in [9.17, 15) is 9.59 Å². The number of aryl methyl sites for hydroxylation is 1. The van der Waals surface area contributed by atoms with Crippen LogP contribution in [0.25, 0.3) is 0 Å². The lowest BCUT2D eigenvalue weighted by molar-refractivity contribution is -0.137. The summed E-state index contributed by atoms with van der Waals surface area (Å²) >= 11 is 0. The van der Waals surface area contributed by atoms with E-state index in [0.29, 0.717) is 30.3 Å². The zero-order chi connectivity index (χ0) is 13.1. The van der Waals surface area contributed by atoms with Crippen molar-refractivity contribution in [3.63, 3.8) is 0 Å². The smallest absolute Gasteiger partial charge is 0.379 e. The molecule has 96 valence electrons. The predicted octanol–water partition coefficient (Wildman–Crippen LogP) is 1.51. The normalized spacial score (nSPS) is 13.0. The van der Waals surface area contributed by atoms with Crippen LogP contribution in [0.5, 0.6) is 11.5 Å². The molecule has 0 bridgehead atoms. The molecular weight excluding hydrogens is 236 g/mol. The Balaban J connectivity index is 2.33. The summed E-state index contributed by atoms with van der Waals surface area (Å²) in [5, 5.41) is 0. The third kappa shape index (κ3) is 2.30. The van der Waals surface area contributed by atoms with E-state index in [2.05, 4.69) is 0 Å². The molecule has 0 amide bonds. The van der Waals surface area contributed by atoms with Crippen LogP contribution >= 0.6 is 0 Å². The highest BCUT2D eigenvalue weighted by atomic mass is 16.6. The van der Waals surface area contributed by atoms with Crippen LogP contribution in [0.2, 0.25) is 0 Å². The van der Waals surface area contributed by atoms with Gasteiger partial charge in [0.2, 0.25) is 0 Å². The first-order valence-corrected chi connectivity index (χ1v) is 5.75. The zero-order valence-corrected chi connectivity index (χ0v) is 10.3. The Labute approximate surface area is 105 Å². The summed E-state index contributed by atoms with van der Waals surface area (Å²) in [4.78, 5) is 23.3. The fourth-order valence-corrected chi connectivity index (χ4v) is 1.74. The van der Waals surface area contributed by atoms with Gasteiger partial charge in [0.05, 0.1) is 6.61 Å². The maximum absolute atomic E-state index is 11.9. The van der Waals surface area contributed by atoms with Crippen molar-refractivity contribution in [3.05, 3.63) is 23.3 Å². The molecule has 0 aliphatic carbocycles. The molecule has 0 spiro atoms. The van der Waals surface area contributed by atoms with Gasteiger partial charge in [-0.15, -0.1) is 0 Å². The molecule has 0 saturated carbocycles. The Hall–Kier alpha value is -2.04. The molecule has 0 N–H and O–H groups in total. The summed E-state index contributed by atoms with van der Waals surface area (Å²) in [6.07, 6.45) is 0. The summed E-state index contributed by atoms with van der Waals surface area (Å²) < 4.78 is 15.5. The fraction of sp³-hybridized carbons (Fsp3) is 0.385. The van der Waals surface area contributed by atoms with Gasteiger partial charge < -0.3 is 14.2 Å². The van der Waals surface area contributed by atoms with E-state index in [1.54, 1.807) is 19.9 Å². The minimum Gasteiger partial charge on any atom is -0.486 e. The molecule has 2 rings (SSSR count). The molecule has 1 aromatic rings. The minimum atomic E-state index is -0.850. The molecule has 5 nitrogen and oxygen atoms in total. The maximum Gasteiger partial charge on any atom is 0.379 e. The molecule has 0 unspecified atom stereocenters. The standard InChI is InChI=1S/C13H14O5/c1-3-16-13(15)12(14)9-7-11-10(6-8(9)2)17-4-5-18-11/h6-7H,3-5H2,1-2H3. The Kier molecular flexibility index (Phi) is 3.50. The first-order chi connectivity index (χ1) is 8.63. The number of rotatable bonds is 3. The lowest BCUT2D eigenvalue weighted by atomic mass is 10.0. The van der Waals surface area contributed by atoms with Crippen molar-refractivity contribution in [3.8, 4) is 11.5 Å².